The van der Waals surface area contributed by atoms with Crippen molar-refractivity contribution >= 4 is 17.7 Å². The molecule has 5 nitrogen and oxygen atoms in total. The maximum Gasteiger partial charge on any atom is 0.328 e. The van der Waals surface area contributed by atoms with E-state index >= 15 is 0 Å². The number of carbonyl (C=O) groups excluding carboxylic acids is 3. The first-order valence-electron chi connectivity index (χ1n) is 7.44. The molecule has 9 heteroatoms. The van der Waals surface area contributed by atoms with Gasteiger partial charge in [-0.1, -0.05) is 6.92 Å². The van der Waals surface area contributed by atoms with Gasteiger partial charge in [-0.3, -0.25) is 14.4 Å². The Balaban J connectivity index is 3.57. The third kappa shape index (κ3) is 3.97. The van der Waals surface area contributed by atoms with Gasteiger partial charge in [0.1, 0.15) is 0 Å². The van der Waals surface area contributed by atoms with Crippen molar-refractivity contribution in [2.45, 2.75) is 27.2 Å². The Hall–Kier alpha value is -2.45. The molecule has 0 radical (unpaired) electrons. The van der Waals surface area contributed by atoms with E-state index in [1.165, 1.54) is 20.8 Å². The second-order valence-electron chi connectivity index (χ2n) is 4.76. The molecule has 0 aromatic heterocycles. The molecule has 0 aliphatic rings. The van der Waals surface area contributed by atoms with Crippen LogP contribution in [0.15, 0.2) is 0 Å². The van der Waals surface area contributed by atoms with Gasteiger partial charge in [0, 0.05) is 5.56 Å². The highest BCUT2D eigenvalue weighted by Crippen LogP contribution is 2.27. The largest absolute Gasteiger partial charge is 0.465 e. The van der Waals surface area contributed by atoms with Gasteiger partial charge in [-0.05, 0) is 20.3 Å². The summed E-state index contributed by atoms with van der Waals surface area (Å²) < 4.78 is 64.0. The van der Waals surface area contributed by atoms with E-state index in [9.17, 15) is 31.9 Å². The summed E-state index contributed by atoms with van der Waals surface area (Å²) in [4.78, 5) is 36.3. The molecule has 1 rings (SSSR count). The van der Waals surface area contributed by atoms with Crippen LogP contribution in [-0.2, 0) is 25.5 Å². The minimum atomic E-state index is -2.27. The smallest absolute Gasteiger partial charge is 0.328 e. The third-order valence-electron chi connectivity index (χ3n) is 3.27. The number of hydrogen-bond donors (Lipinski definition) is 0. The van der Waals surface area contributed by atoms with Crippen LogP contribution in [0.3, 0.4) is 0 Å². The third-order valence-corrected chi connectivity index (χ3v) is 3.27. The Kier molecular flexibility index (Phi) is 7.08. The SMILES string of the molecule is CCOC(=O)C(C(=O)OCC)C(=O)c1c(F)c(F)c(F)c(F)c1CC. The van der Waals surface area contributed by atoms with Crippen LogP contribution in [0.4, 0.5) is 17.6 Å². The molecule has 1 aromatic carbocycles. The molecule has 0 aliphatic heterocycles. The van der Waals surface area contributed by atoms with Gasteiger partial charge in [-0.25, -0.2) is 17.6 Å². The van der Waals surface area contributed by atoms with E-state index in [0.717, 1.165) is 0 Å². The zero-order valence-corrected chi connectivity index (χ0v) is 13.8. The number of carbonyl (C=O) groups is 3. The standard InChI is InChI=1S/C16H16F4O5/c1-4-7-8(11(18)13(20)12(19)10(7)17)14(21)9(15(22)24-5-2)16(23)25-6-3/h9H,4-6H2,1-3H3. The summed E-state index contributed by atoms with van der Waals surface area (Å²) in [6.45, 7) is 3.62. The first-order chi connectivity index (χ1) is 11.7. The van der Waals surface area contributed by atoms with E-state index < -0.39 is 58.0 Å². The number of halogens is 4. The summed E-state index contributed by atoms with van der Waals surface area (Å²) in [6.07, 6.45) is -0.389. The van der Waals surface area contributed by atoms with Crippen LogP contribution < -0.4 is 0 Å². The molecule has 0 atom stereocenters. The highest BCUT2D eigenvalue weighted by atomic mass is 19.2. The van der Waals surface area contributed by atoms with Crippen LogP contribution in [0.1, 0.15) is 36.7 Å². The molecular weight excluding hydrogens is 348 g/mol. The fourth-order valence-corrected chi connectivity index (χ4v) is 2.17. The van der Waals surface area contributed by atoms with E-state index in [2.05, 4.69) is 9.47 Å². The summed E-state index contributed by atoms with van der Waals surface area (Å²) in [5.41, 5.74) is -2.01. The lowest BCUT2D eigenvalue weighted by Gasteiger charge is -2.16. The van der Waals surface area contributed by atoms with E-state index in [1.807, 2.05) is 0 Å². The highest BCUT2D eigenvalue weighted by Gasteiger charge is 2.41. The molecule has 25 heavy (non-hydrogen) atoms. The maximum absolute atomic E-state index is 14.1. The summed E-state index contributed by atoms with van der Waals surface area (Å²) in [7, 11) is 0. The van der Waals surface area contributed by atoms with Crippen molar-refractivity contribution in [3.63, 3.8) is 0 Å². The maximum atomic E-state index is 14.1. The fraction of sp³-hybridized carbons (Fsp3) is 0.438. The predicted octanol–water partition coefficient (Wildman–Crippen LogP) is 2.73. The van der Waals surface area contributed by atoms with E-state index in [0.29, 0.717) is 0 Å². The lowest BCUT2D eigenvalue weighted by Crippen LogP contribution is -2.36. The average Bonchev–Trinajstić information content (AvgIpc) is 2.56. The quantitative estimate of drug-likeness (QED) is 0.186. The number of ether oxygens (including phenoxy) is 2. The number of esters is 2. The minimum absolute atomic E-state index is 0.211. The minimum Gasteiger partial charge on any atom is -0.465 e. The summed E-state index contributed by atoms with van der Waals surface area (Å²) in [5, 5.41) is 0. The second kappa shape index (κ2) is 8.59. The van der Waals surface area contributed by atoms with Crippen LogP contribution in [-0.4, -0.2) is 30.9 Å². The molecule has 1 aromatic rings. The first-order valence-corrected chi connectivity index (χ1v) is 7.44. The first kappa shape index (κ1) is 20.6. The van der Waals surface area contributed by atoms with Crippen molar-refractivity contribution in [1.82, 2.24) is 0 Å². The van der Waals surface area contributed by atoms with Gasteiger partial charge in [0.25, 0.3) is 0 Å². The fourth-order valence-electron chi connectivity index (χ4n) is 2.17. The zero-order valence-electron chi connectivity index (χ0n) is 13.8. The van der Waals surface area contributed by atoms with Gasteiger partial charge < -0.3 is 9.47 Å². The van der Waals surface area contributed by atoms with Crippen molar-refractivity contribution < 1.29 is 41.4 Å². The number of ketones is 1. The van der Waals surface area contributed by atoms with Crippen molar-refractivity contribution in [2.24, 2.45) is 5.92 Å². The number of hydrogen-bond acceptors (Lipinski definition) is 5. The molecule has 0 spiro atoms. The van der Waals surface area contributed by atoms with Crippen LogP contribution in [0.25, 0.3) is 0 Å². The van der Waals surface area contributed by atoms with Crippen LogP contribution in [0, 0.1) is 29.2 Å². The molecule has 0 heterocycles. The van der Waals surface area contributed by atoms with Crippen LogP contribution >= 0.6 is 0 Å². The summed E-state index contributed by atoms with van der Waals surface area (Å²) in [6, 6.07) is 0. The van der Waals surface area contributed by atoms with Crippen molar-refractivity contribution in [3.8, 4) is 0 Å². The Bertz CT molecular complexity index is 685. The normalized spacial score (nSPS) is 10.7. The number of rotatable bonds is 7. The highest BCUT2D eigenvalue weighted by molar-refractivity contribution is 6.21. The molecule has 0 amide bonds. The van der Waals surface area contributed by atoms with Crippen molar-refractivity contribution in [1.29, 1.82) is 0 Å². The van der Waals surface area contributed by atoms with Gasteiger partial charge in [0.05, 0.1) is 18.8 Å². The van der Waals surface area contributed by atoms with Gasteiger partial charge in [0.2, 0.25) is 5.92 Å². The van der Waals surface area contributed by atoms with E-state index in [4.69, 9.17) is 0 Å². The second-order valence-corrected chi connectivity index (χ2v) is 4.76. The topological polar surface area (TPSA) is 69.7 Å². The molecular formula is C16H16F4O5. The summed E-state index contributed by atoms with van der Waals surface area (Å²) in [5.74, 6) is -14.6. The van der Waals surface area contributed by atoms with Gasteiger partial charge >= 0.3 is 11.9 Å². The van der Waals surface area contributed by atoms with Crippen molar-refractivity contribution in [3.05, 3.63) is 34.4 Å². The lowest BCUT2D eigenvalue weighted by molar-refractivity contribution is -0.158. The van der Waals surface area contributed by atoms with Crippen LogP contribution in [0.2, 0.25) is 0 Å². The Morgan fingerprint density at radius 1 is 0.800 bits per heavy atom. The Labute approximate surface area is 140 Å². The Morgan fingerprint density at radius 3 is 1.64 bits per heavy atom. The molecule has 0 unspecified atom stereocenters. The molecule has 0 saturated heterocycles. The van der Waals surface area contributed by atoms with Crippen LogP contribution in [0.5, 0.6) is 0 Å². The lowest BCUT2D eigenvalue weighted by atomic mass is 9.91. The predicted molar refractivity (Wildman–Crippen MR) is 76.7 cm³/mol. The molecule has 138 valence electrons. The summed E-state index contributed by atoms with van der Waals surface area (Å²) >= 11 is 0. The molecule has 0 N–H and O–H groups in total. The molecule has 0 bridgehead atoms. The van der Waals surface area contributed by atoms with Crippen molar-refractivity contribution in [2.75, 3.05) is 13.2 Å². The van der Waals surface area contributed by atoms with Gasteiger partial charge in [-0.2, -0.15) is 0 Å². The monoisotopic (exact) mass is 364 g/mol. The molecule has 0 aliphatic carbocycles. The number of benzene rings is 1. The average molecular weight is 364 g/mol. The zero-order chi connectivity index (χ0) is 19.3. The number of Topliss-reactive ketones (excluding diaryl/α,β-unsaturated/α-hetero) is 1. The van der Waals surface area contributed by atoms with E-state index in [1.54, 1.807) is 0 Å². The van der Waals surface area contributed by atoms with Gasteiger partial charge in [0.15, 0.2) is 29.1 Å². The Morgan fingerprint density at radius 2 is 1.24 bits per heavy atom. The van der Waals surface area contributed by atoms with Gasteiger partial charge in [-0.15, -0.1) is 0 Å². The molecule has 0 fully saturated rings. The molecule has 0 saturated carbocycles. The van der Waals surface area contributed by atoms with E-state index in [-0.39, 0.29) is 19.6 Å².